The Kier molecular flexibility index (Phi) is 6.35. The molecule has 0 spiro atoms. The number of nitrogens with one attached hydrogen (secondary N) is 2. The second-order valence-electron chi connectivity index (χ2n) is 4.64. The van der Waals surface area contributed by atoms with E-state index in [4.69, 9.17) is 5.73 Å². The van der Waals surface area contributed by atoms with E-state index in [2.05, 4.69) is 10.6 Å². The number of anilines is 1. The van der Waals surface area contributed by atoms with Crippen LogP contribution in [0.1, 0.15) is 5.56 Å². The van der Waals surface area contributed by atoms with Crippen LogP contribution in [0.2, 0.25) is 0 Å². The van der Waals surface area contributed by atoms with Crippen molar-refractivity contribution in [3.63, 3.8) is 0 Å². The molecule has 21 heavy (non-hydrogen) atoms. The summed E-state index contributed by atoms with van der Waals surface area (Å²) in [5.74, 6) is -1.09. The SMILES string of the molecule is Cc1ccc(NC(=O)CN(C)C(=O)CNC(=O)CN)cc1. The fraction of sp³-hybridized carbons (Fsp3) is 0.357. The van der Waals surface area contributed by atoms with Crippen LogP contribution in [0.25, 0.3) is 0 Å². The van der Waals surface area contributed by atoms with Crippen molar-refractivity contribution in [2.24, 2.45) is 5.73 Å². The predicted octanol–water partition coefficient (Wildman–Crippen LogP) is -0.533. The van der Waals surface area contributed by atoms with Gasteiger partial charge in [0.15, 0.2) is 0 Å². The molecular formula is C14H20N4O3. The lowest BCUT2D eigenvalue weighted by atomic mass is 10.2. The summed E-state index contributed by atoms with van der Waals surface area (Å²) in [5.41, 5.74) is 6.87. The number of nitrogens with zero attached hydrogens (tertiary/aromatic N) is 1. The maximum Gasteiger partial charge on any atom is 0.243 e. The molecule has 0 aliphatic rings. The molecule has 0 bridgehead atoms. The molecule has 0 atom stereocenters. The van der Waals surface area contributed by atoms with Crippen molar-refractivity contribution >= 4 is 23.4 Å². The summed E-state index contributed by atoms with van der Waals surface area (Å²) in [6.07, 6.45) is 0. The van der Waals surface area contributed by atoms with Crippen LogP contribution in [-0.4, -0.2) is 49.3 Å². The van der Waals surface area contributed by atoms with E-state index in [1.807, 2.05) is 19.1 Å². The zero-order chi connectivity index (χ0) is 15.8. The molecule has 0 saturated heterocycles. The van der Waals surface area contributed by atoms with Gasteiger partial charge in [-0.25, -0.2) is 0 Å². The average molecular weight is 292 g/mol. The van der Waals surface area contributed by atoms with E-state index in [9.17, 15) is 14.4 Å². The van der Waals surface area contributed by atoms with Gasteiger partial charge in [0, 0.05) is 12.7 Å². The lowest BCUT2D eigenvalue weighted by Crippen LogP contribution is -2.42. The van der Waals surface area contributed by atoms with Gasteiger partial charge in [0.05, 0.1) is 19.6 Å². The number of nitrogens with two attached hydrogens (primary N) is 1. The molecule has 0 radical (unpaired) electrons. The highest BCUT2D eigenvalue weighted by molar-refractivity contribution is 5.95. The Hall–Kier alpha value is -2.41. The molecule has 7 heteroatoms. The van der Waals surface area contributed by atoms with Crippen LogP contribution in [0, 0.1) is 6.92 Å². The first-order chi connectivity index (χ1) is 9.92. The molecule has 0 aliphatic carbocycles. The summed E-state index contributed by atoms with van der Waals surface area (Å²) in [5, 5.41) is 5.05. The summed E-state index contributed by atoms with van der Waals surface area (Å²) in [6, 6.07) is 7.34. The fourth-order valence-electron chi connectivity index (χ4n) is 1.52. The van der Waals surface area contributed by atoms with Crippen LogP contribution in [0.5, 0.6) is 0 Å². The first kappa shape index (κ1) is 16.6. The molecule has 114 valence electrons. The van der Waals surface area contributed by atoms with Gasteiger partial charge in [-0.05, 0) is 19.1 Å². The minimum atomic E-state index is -0.416. The highest BCUT2D eigenvalue weighted by atomic mass is 16.2. The molecule has 3 amide bonds. The molecular weight excluding hydrogens is 272 g/mol. The van der Waals surface area contributed by atoms with Crippen molar-refractivity contribution in [2.75, 3.05) is 32.0 Å². The zero-order valence-corrected chi connectivity index (χ0v) is 12.2. The van der Waals surface area contributed by atoms with Crippen molar-refractivity contribution < 1.29 is 14.4 Å². The van der Waals surface area contributed by atoms with Gasteiger partial charge in [0.25, 0.3) is 0 Å². The third-order valence-electron chi connectivity index (χ3n) is 2.76. The van der Waals surface area contributed by atoms with Crippen LogP contribution >= 0.6 is 0 Å². The Morgan fingerprint density at radius 2 is 1.76 bits per heavy atom. The van der Waals surface area contributed by atoms with Gasteiger partial charge >= 0.3 is 0 Å². The molecule has 0 aromatic heterocycles. The van der Waals surface area contributed by atoms with Gasteiger partial charge in [0.2, 0.25) is 17.7 Å². The number of aryl methyl sites for hydroxylation is 1. The van der Waals surface area contributed by atoms with Crippen LogP contribution in [-0.2, 0) is 14.4 Å². The molecule has 0 heterocycles. The van der Waals surface area contributed by atoms with Crippen molar-refractivity contribution in [3.8, 4) is 0 Å². The highest BCUT2D eigenvalue weighted by Gasteiger charge is 2.13. The fourth-order valence-corrected chi connectivity index (χ4v) is 1.52. The number of hydrogen-bond acceptors (Lipinski definition) is 4. The van der Waals surface area contributed by atoms with Crippen LogP contribution in [0.4, 0.5) is 5.69 Å². The van der Waals surface area contributed by atoms with Gasteiger partial charge in [-0.3, -0.25) is 14.4 Å². The van der Waals surface area contributed by atoms with Crippen molar-refractivity contribution in [3.05, 3.63) is 29.8 Å². The molecule has 7 nitrogen and oxygen atoms in total. The van der Waals surface area contributed by atoms with Crippen molar-refractivity contribution in [1.29, 1.82) is 0 Å². The normalized spacial score (nSPS) is 9.86. The molecule has 4 N–H and O–H groups in total. The number of rotatable bonds is 6. The second kappa shape index (κ2) is 8.01. The van der Waals surface area contributed by atoms with E-state index in [1.54, 1.807) is 12.1 Å². The zero-order valence-electron chi connectivity index (χ0n) is 12.2. The largest absolute Gasteiger partial charge is 0.346 e. The Bertz CT molecular complexity index is 513. The topological polar surface area (TPSA) is 105 Å². The van der Waals surface area contributed by atoms with Crippen LogP contribution < -0.4 is 16.4 Å². The van der Waals surface area contributed by atoms with E-state index >= 15 is 0 Å². The predicted molar refractivity (Wildman–Crippen MR) is 79.5 cm³/mol. The van der Waals surface area contributed by atoms with Crippen LogP contribution in [0.3, 0.4) is 0 Å². The van der Waals surface area contributed by atoms with E-state index < -0.39 is 5.91 Å². The molecule has 0 saturated carbocycles. The minimum absolute atomic E-state index is 0.0921. The summed E-state index contributed by atoms with van der Waals surface area (Å²) in [6.45, 7) is 1.51. The quantitative estimate of drug-likeness (QED) is 0.655. The number of carbonyl (C=O) groups is 3. The standard InChI is InChI=1S/C14H20N4O3/c1-10-3-5-11(6-4-10)17-13(20)9-18(2)14(21)8-16-12(19)7-15/h3-6H,7-9,15H2,1-2H3,(H,16,19)(H,17,20). The van der Waals surface area contributed by atoms with E-state index in [-0.39, 0.29) is 31.4 Å². The lowest BCUT2D eigenvalue weighted by molar-refractivity contribution is -0.134. The number of benzene rings is 1. The lowest BCUT2D eigenvalue weighted by Gasteiger charge is -2.17. The molecule has 0 aliphatic heterocycles. The number of carbonyl (C=O) groups excluding carboxylic acids is 3. The summed E-state index contributed by atoms with van der Waals surface area (Å²) >= 11 is 0. The maximum atomic E-state index is 11.8. The van der Waals surface area contributed by atoms with E-state index in [0.29, 0.717) is 5.69 Å². The monoisotopic (exact) mass is 292 g/mol. The number of hydrogen-bond donors (Lipinski definition) is 3. The molecule has 1 aromatic rings. The van der Waals surface area contributed by atoms with Gasteiger partial charge < -0.3 is 21.3 Å². The molecule has 0 fully saturated rings. The Labute approximate surface area is 123 Å². The summed E-state index contributed by atoms with van der Waals surface area (Å²) in [4.78, 5) is 35.7. The van der Waals surface area contributed by atoms with Gasteiger partial charge in [0.1, 0.15) is 0 Å². The van der Waals surface area contributed by atoms with E-state index in [1.165, 1.54) is 11.9 Å². The second-order valence-corrected chi connectivity index (χ2v) is 4.64. The Balaban J connectivity index is 2.41. The average Bonchev–Trinajstić information content (AvgIpc) is 2.46. The van der Waals surface area contributed by atoms with Gasteiger partial charge in [-0.1, -0.05) is 17.7 Å². The molecule has 0 unspecified atom stereocenters. The van der Waals surface area contributed by atoms with E-state index in [0.717, 1.165) is 5.56 Å². The Morgan fingerprint density at radius 3 is 2.33 bits per heavy atom. The van der Waals surface area contributed by atoms with Crippen molar-refractivity contribution in [2.45, 2.75) is 6.92 Å². The smallest absolute Gasteiger partial charge is 0.243 e. The number of amides is 3. The first-order valence-corrected chi connectivity index (χ1v) is 6.49. The minimum Gasteiger partial charge on any atom is -0.346 e. The Morgan fingerprint density at radius 1 is 1.14 bits per heavy atom. The third-order valence-corrected chi connectivity index (χ3v) is 2.76. The number of likely N-dealkylation sites (N-methyl/N-ethyl adjacent to an activating group) is 1. The third kappa shape index (κ3) is 6.05. The van der Waals surface area contributed by atoms with Gasteiger partial charge in [-0.15, -0.1) is 0 Å². The van der Waals surface area contributed by atoms with Crippen molar-refractivity contribution in [1.82, 2.24) is 10.2 Å². The highest BCUT2D eigenvalue weighted by Crippen LogP contribution is 2.08. The molecule has 1 rings (SSSR count). The van der Waals surface area contributed by atoms with Gasteiger partial charge in [-0.2, -0.15) is 0 Å². The summed E-state index contributed by atoms with van der Waals surface area (Å²) in [7, 11) is 1.49. The van der Waals surface area contributed by atoms with Crippen LogP contribution in [0.15, 0.2) is 24.3 Å². The molecule has 1 aromatic carbocycles. The maximum absolute atomic E-state index is 11.8. The first-order valence-electron chi connectivity index (χ1n) is 6.49. The summed E-state index contributed by atoms with van der Waals surface area (Å²) < 4.78 is 0.